The molecule has 2 rings (SSSR count). The number of nitrogens with zero attached hydrogens (tertiary/aromatic N) is 1. The predicted octanol–water partition coefficient (Wildman–Crippen LogP) is 2.03. The second-order valence-electron chi connectivity index (χ2n) is 5.75. The molecule has 1 fully saturated rings. The van der Waals surface area contributed by atoms with Gasteiger partial charge in [0.05, 0.1) is 6.54 Å². The summed E-state index contributed by atoms with van der Waals surface area (Å²) in [5.41, 5.74) is 6.66. The third kappa shape index (κ3) is 3.73. The highest BCUT2D eigenvalue weighted by atomic mass is 16.5. The van der Waals surface area contributed by atoms with Crippen LogP contribution >= 0.6 is 0 Å². The fraction of sp³-hybridized carbons (Fsp3) is 0.562. The Morgan fingerprint density at radius 1 is 1.45 bits per heavy atom. The van der Waals surface area contributed by atoms with E-state index in [4.69, 9.17) is 10.5 Å². The van der Waals surface area contributed by atoms with Crippen molar-refractivity contribution < 1.29 is 9.53 Å². The van der Waals surface area contributed by atoms with E-state index in [0.29, 0.717) is 38.0 Å². The maximum absolute atomic E-state index is 11.9. The van der Waals surface area contributed by atoms with Gasteiger partial charge in [0.1, 0.15) is 12.4 Å². The number of amides is 1. The average molecular weight is 276 g/mol. The number of hydrogen-bond acceptors (Lipinski definition) is 3. The van der Waals surface area contributed by atoms with E-state index in [9.17, 15) is 4.79 Å². The van der Waals surface area contributed by atoms with Crippen molar-refractivity contribution in [1.29, 1.82) is 0 Å². The minimum absolute atomic E-state index is 0.253. The first-order valence-electron chi connectivity index (χ1n) is 7.29. The lowest BCUT2D eigenvalue weighted by molar-refractivity contribution is -0.128. The number of nitrogens with two attached hydrogens (primary N) is 1. The van der Waals surface area contributed by atoms with E-state index in [2.05, 4.69) is 13.8 Å². The van der Waals surface area contributed by atoms with Crippen LogP contribution in [0, 0.1) is 11.8 Å². The molecule has 0 aliphatic carbocycles. The molecule has 1 amide bonds. The van der Waals surface area contributed by atoms with Crippen molar-refractivity contribution in [3.05, 3.63) is 29.8 Å². The Bertz CT molecular complexity index is 460. The van der Waals surface area contributed by atoms with Crippen molar-refractivity contribution in [3.8, 4) is 5.75 Å². The van der Waals surface area contributed by atoms with Gasteiger partial charge in [-0.3, -0.25) is 4.79 Å². The number of benzene rings is 1. The lowest BCUT2D eigenvalue weighted by atomic mass is 9.95. The van der Waals surface area contributed by atoms with Gasteiger partial charge < -0.3 is 15.4 Å². The fourth-order valence-electron chi connectivity index (χ4n) is 2.50. The highest BCUT2D eigenvalue weighted by molar-refractivity contribution is 5.78. The van der Waals surface area contributed by atoms with Crippen LogP contribution < -0.4 is 10.5 Å². The molecular formula is C16H24N2O2. The highest BCUT2D eigenvalue weighted by Gasteiger charge is 2.30. The Kier molecular flexibility index (Phi) is 5.01. The van der Waals surface area contributed by atoms with Gasteiger partial charge in [0.25, 0.3) is 0 Å². The van der Waals surface area contributed by atoms with E-state index >= 15 is 0 Å². The number of ether oxygens (including phenoxy) is 1. The van der Waals surface area contributed by atoms with Crippen LogP contribution in [0.15, 0.2) is 24.3 Å². The van der Waals surface area contributed by atoms with Gasteiger partial charge in [-0.05, 0) is 29.5 Å². The molecule has 0 aromatic heterocycles. The highest BCUT2D eigenvalue weighted by Crippen LogP contribution is 2.24. The van der Waals surface area contributed by atoms with E-state index in [-0.39, 0.29) is 5.91 Å². The topological polar surface area (TPSA) is 55.6 Å². The van der Waals surface area contributed by atoms with E-state index in [1.54, 1.807) is 0 Å². The molecule has 1 aromatic rings. The molecule has 0 saturated carbocycles. The number of carbonyl (C=O) groups is 1. The summed E-state index contributed by atoms with van der Waals surface area (Å²) < 4.78 is 5.71. The molecule has 20 heavy (non-hydrogen) atoms. The van der Waals surface area contributed by atoms with Crippen LogP contribution in [-0.2, 0) is 11.3 Å². The molecule has 0 bridgehead atoms. The molecule has 1 atom stereocenters. The number of rotatable bonds is 6. The average Bonchev–Trinajstić information content (AvgIpc) is 2.81. The van der Waals surface area contributed by atoms with Crippen molar-refractivity contribution in [3.63, 3.8) is 0 Å². The van der Waals surface area contributed by atoms with Crippen LogP contribution in [0.1, 0.15) is 25.8 Å². The van der Waals surface area contributed by atoms with Gasteiger partial charge in [-0.2, -0.15) is 0 Å². The lowest BCUT2D eigenvalue weighted by Crippen LogP contribution is -2.30. The second-order valence-corrected chi connectivity index (χ2v) is 5.75. The Balaban J connectivity index is 1.79. The maximum Gasteiger partial charge on any atom is 0.223 e. The molecule has 1 aliphatic rings. The molecule has 0 radical (unpaired) electrons. The molecule has 4 nitrogen and oxygen atoms in total. The zero-order valence-corrected chi connectivity index (χ0v) is 12.3. The van der Waals surface area contributed by atoms with Gasteiger partial charge in [-0.25, -0.2) is 0 Å². The molecule has 1 aliphatic heterocycles. The Morgan fingerprint density at radius 2 is 2.25 bits per heavy atom. The minimum Gasteiger partial charge on any atom is -0.492 e. The van der Waals surface area contributed by atoms with Crippen molar-refractivity contribution in [2.75, 3.05) is 19.7 Å². The molecule has 4 heteroatoms. The van der Waals surface area contributed by atoms with E-state index in [0.717, 1.165) is 17.9 Å². The second kappa shape index (κ2) is 6.75. The maximum atomic E-state index is 11.9. The number of likely N-dealkylation sites (tertiary alicyclic amines) is 1. The first kappa shape index (κ1) is 14.9. The van der Waals surface area contributed by atoms with E-state index in [1.165, 1.54) is 0 Å². The standard InChI is InChI=1S/C16H24N2O2/c1-12(2)14-9-16(19)18(11-14)6-7-20-15-5-3-4-13(8-15)10-17/h3-5,8,12,14H,6-7,9-11,17H2,1-2H3. The predicted molar refractivity (Wildman–Crippen MR) is 79.4 cm³/mol. The molecule has 0 spiro atoms. The third-order valence-corrected chi connectivity index (χ3v) is 3.95. The van der Waals surface area contributed by atoms with Gasteiger partial charge in [-0.15, -0.1) is 0 Å². The summed E-state index contributed by atoms with van der Waals surface area (Å²) in [6.45, 7) is 6.92. The first-order chi connectivity index (χ1) is 9.60. The van der Waals surface area contributed by atoms with Crippen LogP contribution in [0.2, 0.25) is 0 Å². The summed E-state index contributed by atoms with van der Waals surface area (Å²) in [4.78, 5) is 13.8. The molecule has 1 unspecified atom stereocenters. The number of hydrogen-bond donors (Lipinski definition) is 1. The summed E-state index contributed by atoms with van der Waals surface area (Å²) in [5, 5.41) is 0. The zero-order valence-electron chi connectivity index (χ0n) is 12.3. The van der Waals surface area contributed by atoms with Gasteiger partial charge >= 0.3 is 0 Å². The zero-order chi connectivity index (χ0) is 14.5. The van der Waals surface area contributed by atoms with Gasteiger partial charge in [0.15, 0.2) is 0 Å². The fourth-order valence-corrected chi connectivity index (χ4v) is 2.50. The van der Waals surface area contributed by atoms with E-state index in [1.807, 2.05) is 29.2 Å². The molecule has 1 aromatic carbocycles. The van der Waals surface area contributed by atoms with Crippen LogP contribution in [0.3, 0.4) is 0 Å². The summed E-state index contributed by atoms with van der Waals surface area (Å²) >= 11 is 0. The van der Waals surface area contributed by atoms with Crippen LogP contribution in [0.5, 0.6) is 5.75 Å². The molecule has 110 valence electrons. The van der Waals surface area contributed by atoms with Gasteiger partial charge in [-0.1, -0.05) is 26.0 Å². The minimum atomic E-state index is 0.253. The lowest BCUT2D eigenvalue weighted by Gasteiger charge is -2.18. The monoisotopic (exact) mass is 276 g/mol. The number of carbonyl (C=O) groups excluding carboxylic acids is 1. The smallest absolute Gasteiger partial charge is 0.223 e. The van der Waals surface area contributed by atoms with Gasteiger partial charge in [0, 0.05) is 19.5 Å². The molecular weight excluding hydrogens is 252 g/mol. The Morgan fingerprint density at radius 3 is 2.90 bits per heavy atom. The summed E-state index contributed by atoms with van der Waals surface area (Å²) in [5.74, 6) is 2.12. The van der Waals surface area contributed by atoms with Crippen molar-refractivity contribution in [2.45, 2.75) is 26.8 Å². The van der Waals surface area contributed by atoms with E-state index < -0.39 is 0 Å². The molecule has 1 heterocycles. The normalized spacial score (nSPS) is 18.9. The molecule has 1 saturated heterocycles. The summed E-state index contributed by atoms with van der Waals surface area (Å²) in [6.07, 6.45) is 0.681. The van der Waals surface area contributed by atoms with Crippen molar-refractivity contribution in [1.82, 2.24) is 4.90 Å². The summed E-state index contributed by atoms with van der Waals surface area (Å²) in [7, 11) is 0. The largest absolute Gasteiger partial charge is 0.492 e. The van der Waals surface area contributed by atoms with Crippen molar-refractivity contribution in [2.24, 2.45) is 17.6 Å². The van der Waals surface area contributed by atoms with Crippen LogP contribution in [-0.4, -0.2) is 30.5 Å². The van der Waals surface area contributed by atoms with Crippen molar-refractivity contribution >= 4 is 5.91 Å². The third-order valence-electron chi connectivity index (χ3n) is 3.95. The van der Waals surface area contributed by atoms with Crippen LogP contribution in [0.4, 0.5) is 0 Å². The molecule has 2 N–H and O–H groups in total. The summed E-state index contributed by atoms with van der Waals surface area (Å²) in [6, 6.07) is 7.78. The van der Waals surface area contributed by atoms with Crippen LogP contribution in [0.25, 0.3) is 0 Å². The Hall–Kier alpha value is -1.55. The SMILES string of the molecule is CC(C)C1CC(=O)N(CCOc2cccc(CN)c2)C1. The first-order valence-corrected chi connectivity index (χ1v) is 7.29. The van der Waals surface area contributed by atoms with Gasteiger partial charge in [0.2, 0.25) is 5.91 Å². The Labute approximate surface area is 120 Å². The quantitative estimate of drug-likeness (QED) is 0.865.